The maximum absolute atomic E-state index is 9.92. The fourth-order valence-electron chi connectivity index (χ4n) is 2.58. The molecule has 0 aliphatic carbocycles. The molecule has 2 aliphatic rings. The Morgan fingerprint density at radius 1 is 0.818 bits per heavy atom. The Hall–Kier alpha value is -0.400. The van der Waals surface area contributed by atoms with Gasteiger partial charge in [0.25, 0.3) is 0 Å². The first kappa shape index (κ1) is 17.9. The third kappa shape index (κ3) is 3.57. The molecule has 2 fully saturated rings. The molecule has 7 N–H and O–H groups in total. The molecular weight excluding hydrogens is 304 g/mol. The quantitative estimate of drug-likeness (QED) is 0.268. The van der Waals surface area contributed by atoms with Gasteiger partial charge in [0.2, 0.25) is 0 Å². The van der Waals surface area contributed by atoms with E-state index in [1.54, 1.807) is 0 Å². The number of ether oxygens (including phenoxy) is 3. The average Bonchev–Trinajstić information content (AvgIpc) is 2.49. The van der Waals surface area contributed by atoms with Crippen LogP contribution in [0.1, 0.15) is 6.42 Å². The van der Waals surface area contributed by atoms with Gasteiger partial charge in [0, 0.05) is 6.42 Å². The predicted octanol–water partition coefficient (Wildman–Crippen LogP) is -4.37. The molecule has 9 atom stereocenters. The molecule has 10 heteroatoms. The SMILES string of the molecule is OCC1O[C@@H](O[C@@H]2C(CO)OC(O)C[C@H]2O)[C@@H](O)C(O)[C@H]1O. The molecule has 0 radical (unpaired) electrons. The molecule has 0 spiro atoms. The number of hydrogen-bond acceptors (Lipinski definition) is 10. The van der Waals surface area contributed by atoms with Gasteiger partial charge >= 0.3 is 0 Å². The van der Waals surface area contributed by atoms with Gasteiger partial charge < -0.3 is 50.0 Å². The van der Waals surface area contributed by atoms with Crippen molar-refractivity contribution in [1.82, 2.24) is 0 Å². The van der Waals surface area contributed by atoms with Crippen LogP contribution in [0.2, 0.25) is 0 Å². The van der Waals surface area contributed by atoms with Crippen LogP contribution >= 0.6 is 0 Å². The lowest BCUT2D eigenvalue weighted by Crippen LogP contribution is -2.62. The van der Waals surface area contributed by atoms with Gasteiger partial charge in [0.05, 0.1) is 19.3 Å². The topological polar surface area (TPSA) is 169 Å². The van der Waals surface area contributed by atoms with Crippen LogP contribution in [0.5, 0.6) is 0 Å². The van der Waals surface area contributed by atoms with Crippen LogP contribution < -0.4 is 0 Å². The number of aliphatic hydroxyl groups is 7. The summed E-state index contributed by atoms with van der Waals surface area (Å²) in [6.45, 7) is -1.17. The Labute approximate surface area is 126 Å². The van der Waals surface area contributed by atoms with E-state index in [9.17, 15) is 30.6 Å². The molecular formula is C12H22O10. The maximum atomic E-state index is 9.92. The fourth-order valence-corrected chi connectivity index (χ4v) is 2.58. The molecule has 2 rings (SSSR count). The van der Waals surface area contributed by atoms with Crippen molar-refractivity contribution < 1.29 is 50.0 Å². The molecule has 10 nitrogen and oxygen atoms in total. The van der Waals surface area contributed by atoms with Gasteiger partial charge in [0.15, 0.2) is 12.6 Å². The number of hydrogen-bond donors (Lipinski definition) is 7. The first-order valence-electron chi connectivity index (χ1n) is 6.97. The van der Waals surface area contributed by atoms with Gasteiger partial charge in [-0.05, 0) is 0 Å². The maximum Gasteiger partial charge on any atom is 0.187 e. The van der Waals surface area contributed by atoms with E-state index in [1.165, 1.54) is 0 Å². The summed E-state index contributed by atoms with van der Waals surface area (Å²) in [5, 5.41) is 66.8. The molecule has 0 aromatic rings. The summed E-state index contributed by atoms with van der Waals surface area (Å²) in [7, 11) is 0. The monoisotopic (exact) mass is 326 g/mol. The molecule has 2 aliphatic heterocycles. The van der Waals surface area contributed by atoms with Gasteiger partial charge in [-0.3, -0.25) is 0 Å². The van der Waals surface area contributed by atoms with Crippen molar-refractivity contribution in [2.75, 3.05) is 13.2 Å². The minimum Gasteiger partial charge on any atom is -0.394 e. The van der Waals surface area contributed by atoms with Gasteiger partial charge in [-0.1, -0.05) is 0 Å². The summed E-state index contributed by atoms with van der Waals surface area (Å²) in [5.74, 6) is 0. The van der Waals surface area contributed by atoms with Crippen LogP contribution in [-0.4, -0.2) is 104 Å². The first-order valence-corrected chi connectivity index (χ1v) is 6.97. The normalized spacial score (nSPS) is 50.0. The van der Waals surface area contributed by atoms with Crippen molar-refractivity contribution in [3.05, 3.63) is 0 Å². The van der Waals surface area contributed by atoms with E-state index in [0.717, 1.165) is 0 Å². The van der Waals surface area contributed by atoms with Crippen LogP contribution in [0, 0.1) is 0 Å². The fraction of sp³-hybridized carbons (Fsp3) is 1.00. The minimum atomic E-state index is -1.63. The summed E-state index contributed by atoms with van der Waals surface area (Å²) in [6, 6.07) is 0. The highest BCUT2D eigenvalue weighted by atomic mass is 16.7. The second-order valence-electron chi connectivity index (χ2n) is 5.41. The second kappa shape index (κ2) is 7.45. The molecule has 4 unspecified atom stereocenters. The summed E-state index contributed by atoms with van der Waals surface area (Å²) >= 11 is 0. The first-order chi connectivity index (χ1) is 10.4. The van der Waals surface area contributed by atoms with E-state index in [0.29, 0.717) is 0 Å². The standard InChI is InChI=1S/C12H22O10/c13-2-5-8(17)9(18)10(19)12(21-5)22-11-4(15)1-7(16)20-6(11)3-14/h4-19H,1-3H2/t4-,5?,6?,7?,8+,9?,10+,11+,12+/m1/s1. The zero-order valence-corrected chi connectivity index (χ0v) is 11.7. The van der Waals surface area contributed by atoms with Gasteiger partial charge in [0.1, 0.15) is 36.6 Å². The molecule has 0 aromatic carbocycles. The van der Waals surface area contributed by atoms with E-state index < -0.39 is 68.5 Å². The van der Waals surface area contributed by atoms with Crippen molar-refractivity contribution in [2.24, 2.45) is 0 Å². The smallest absolute Gasteiger partial charge is 0.187 e. The Balaban J connectivity index is 2.07. The summed E-state index contributed by atoms with van der Waals surface area (Å²) in [6.07, 6.45) is -12.2. The molecule has 2 heterocycles. The Morgan fingerprint density at radius 3 is 2.05 bits per heavy atom. The molecule has 0 aromatic heterocycles. The zero-order chi connectivity index (χ0) is 16.4. The van der Waals surface area contributed by atoms with Crippen LogP contribution in [0.3, 0.4) is 0 Å². The lowest BCUT2D eigenvalue weighted by molar-refractivity contribution is -0.342. The summed E-state index contributed by atoms with van der Waals surface area (Å²) < 4.78 is 15.5. The number of rotatable bonds is 4. The van der Waals surface area contributed by atoms with Gasteiger partial charge in [-0.2, -0.15) is 0 Å². The highest BCUT2D eigenvalue weighted by Crippen LogP contribution is 2.28. The van der Waals surface area contributed by atoms with Crippen molar-refractivity contribution in [3.63, 3.8) is 0 Å². The van der Waals surface area contributed by atoms with E-state index in [4.69, 9.17) is 19.3 Å². The van der Waals surface area contributed by atoms with E-state index in [-0.39, 0.29) is 6.42 Å². The van der Waals surface area contributed by atoms with Crippen LogP contribution in [0.15, 0.2) is 0 Å². The highest BCUT2D eigenvalue weighted by molar-refractivity contribution is 4.91. The van der Waals surface area contributed by atoms with Gasteiger partial charge in [-0.15, -0.1) is 0 Å². The molecule has 2 saturated heterocycles. The predicted molar refractivity (Wildman–Crippen MR) is 67.2 cm³/mol. The van der Waals surface area contributed by atoms with Crippen molar-refractivity contribution in [1.29, 1.82) is 0 Å². The zero-order valence-electron chi connectivity index (χ0n) is 11.7. The van der Waals surface area contributed by atoms with Crippen molar-refractivity contribution in [3.8, 4) is 0 Å². The molecule has 0 saturated carbocycles. The lowest BCUT2D eigenvalue weighted by atomic mass is 9.98. The van der Waals surface area contributed by atoms with Crippen LogP contribution in [0.4, 0.5) is 0 Å². The molecule has 22 heavy (non-hydrogen) atoms. The Bertz CT molecular complexity index is 353. The lowest BCUT2D eigenvalue weighted by Gasteiger charge is -2.44. The second-order valence-corrected chi connectivity index (χ2v) is 5.41. The van der Waals surface area contributed by atoms with Crippen LogP contribution in [0.25, 0.3) is 0 Å². The van der Waals surface area contributed by atoms with E-state index in [2.05, 4.69) is 0 Å². The largest absolute Gasteiger partial charge is 0.394 e. The summed E-state index contributed by atoms with van der Waals surface area (Å²) in [4.78, 5) is 0. The van der Waals surface area contributed by atoms with Crippen LogP contribution in [-0.2, 0) is 14.2 Å². The molecule has 130 valence electrons. The average molecular weight is 326 g/mol. The third-order valence-electron chi connectivity index (χ3n) is 3.84. The van der Waals surface area contributed by atoms with Crippen molar-refractivity contribution in [2.45, 2.75) is 61.7 Å². The van der Waals surface area contributed by atoms with E-state index >= 15 is 0 Å². The summed E-state index contributed by atoms with van der Waals surface area (Å²) in [5.41, 5.74) is 0. The highest BCUT2D eigenvalue weighted by Gasteiger charge is 2.47. The minimum absolute atomic E-state index is 0.168. The third-order valence-corrected chi connectivity index (χ3v) is 3.84. The molecule has 0 amide bonds. The van der Waals surface area contributed by atoms with E-state index in [1.807, 2.05) is 0 Å². The Kier molecular flexibility index (Phi) is 6.07. The Morgan fingerprint density at radius 2 is 1.45 bits per heavy atom. The number of aliphatic hydroxyl groups excluding tert-OH is 7. The van der Waals surface area contributed by atoms with Gasteiger partial charge in [-0.25, -0.2) is 0 Å². The molecule has 0 bridgehead atoms. The van der Waals surface area contributed by atoms with Crippen molar-refractivity contribution >= 4 is 0 Å².